The van der Waals surface area contributed by atoms with Gasteiger partial charge in [-0.15, -0.1) is 13.2 Å². The summed E-state index contributed by atoms with van der Waals surface area (Å²) in [5.74, 6) is -1.41. The molecule has 11 heteroatoms. The predicted octanol–water partition coefficient (Wildman–Crippen LogP) is 3.64. The van der Waals surface area contributed by atoms with Gasteiger partial charge in [0.1, 0.15) is 11.3 Å². The van der Waals surface area contributed by atoms with Crippen LogP contribution in [0.4, 0.5) is 18.9 Å². The lowest BCUT2D eigenvalue weighted by molar-refractivity contribution is -0.383. The van der Waals surface area contributed by atoms with E-state index in [2.05, 4.69) is 9.47 Å². The van der Waals surface area contributed by atoms with Gasteiger partial charge < -0.3 is 14.0 Å². The molecule has 0 amide bonds. The number of esters is 1. The molecule has 8 nitrogen and oxygen atoms in total. The molecule has 0 radical (unpaired) electrons. The Labute approximate surface area is 166 Å². The topological polar surface area (TPSA) is 101 Å². The van der Waals surface area contributed by atoms with E-state index in [0.717, 1.165) is 29.9 Å². The van der Waals surface area contributed by atoms with Crippen molar-refractivity contribution in [2.75, 3.05) is 7.11 Å². The van der Waals surface area contributed by atoms with Gasteiger partial charge in [-0.3, -0.25) is 14.9 Å². The minimum Gasteiger partial charge on any atom is -0.465 e. The van der Waals surface area contributed by atoms with Gasteiger partial charge in [-0.1, -0.05) is 18.2 Å². The Morgan fingerprint density at radius 3 is 2.40 bits per heavy atom. The number of aromatic nitrogens is 1. The van der Waals surface area contributed by atoms with E-state index in [0.29, 0.717) is 5.56 Å². The Morgan fingerprint density at radius 2 is 1.83 bits per heavy atom. The van der Waals surface area contributed by atoms with Gasteiger partial charge in [-0.05, 0) is 29.8 Å². The molecule has 0 atom stereocenters. The van der Waals surface area contributed by atoms with Crippen LogP contribution in [0.15, 0.2) is 53.3 Å². The number of nitrogens with zero attached hydrogens (tertiary/aromatic N) is 2. The zero-order valence-corrected chi connectivity index (χ0v) is 15.3. The highest BCUT2D eigenvalue weighted by molar-refractivity contribution is 5.96. The third-order valence-corrected chi connectivity index (χ3v) is 4.21. The number of nitro benzene ring substituents is 1. The number of hydrogen-bond donors (Lipinski definition) is 0. The standard InChI is InChI=1S/C19H13F3N2O6/c1-29-18(26)14-9-13-15(3-2-4-16(13)24(27)28)23(17(14)25)10-11-5-7-12(8-6-11)30-19(20,21)22/h2-9H,10H2,1H3. The fraction of sp³-hybridized carbons (Fsp3) is 0.158. The lowest BCUT2D eigenvalue weighted by atomic mass is 10.1. The summed E-state index contributed by atoms with van der Waals surface area (Å²) in [4.78, 5) is 35.6. The number of hydrogen-bond acceptors (Lipinski definition) is 6. The van der Waals surface area contributed by atoms with Gasteiger partial charge in [-0.2, -0.15) is 0 Å². The van der Waals surface area contributed by atoms with Crippen molar-refractivity contribution in [1.82, 2.24) is 4.57 Å². The molecule has 0 saturated heterocycles. The van der Waals surface area contributed by atoms with Crippen molar-refractivity contribution in [3.8, 4) is 5.75 Å². The zero-order chi connectivity index (χ0) is 22.1. The van der Waals surface area contributed by atoms with Crippen molar-refractivity contribution in [2.24, 2.45) is 0 Å². The highest BCUT2D eigenvalue weighted by atomic mass is 19.4. The molecule has 3 rings (SSSR count). The summed E-state index contributed by atoms with van der Waals surface area (Å²) >= 11 is 0. The first-order valence-corrected chi connectivity index (χ1v) is 8.34. The number of methoxy groups -OCH3 is 1. The number of non-ortho nitro benzene ring substituents is 1. The molecule has 0 unspecified atom stereocenters. The van der Waals surface area contributed by atoms with E-state index in [9.17, 15) is 32.9 Å². The lowest BCUT2D eigenvalue weighted by Gasteiger charge is -2.13. The Balaban J connectivity index is 2.13. The van der Waals surface area contributed by atoms with Crippen LogP contribution in [-0.2, 0) is 11.3 Å². The molecule has 0 bridgehead atoms. The molecule has 0 N–H and O–H groups in total. The maximum Gasteiger partial charge on any atom is 0.573 e. The Kier molecular flexibility index (Phi) is 5.45. The van der Waals surface area contributed by atoms with E-state index in [1.165, 1.54) is 30.3 Å². The molecule has 156 valence electrons. The number of fused-ring (bicyclic) bond motifs is 1. The van der Waals surface area contributed by atoms with Crippen LogP contribution in [0.25, 0.3) is 10.9 Å². The van der Waals surface area contributed by atoms with Crippen molar-refractivity contribution < 1.29 is 32.4 Å². The number of alkyl halides is 3. The third-order valence-electron chi connectivity index (χ3n) is 4.21. The summed E-state index contributed by atoms with van der Waals surface area (Å²) in [5, 5.41) is 11.4. The Bertz CT molecular complexity index is 1190. The molecule has 0 saturated carbocycles. The molecule has 0 fully saturated rings. The van der Waals surface area contributed by atoms with E-state index in [1.807, 2.05) is 0 Å². The van der Waals surface area contributed by atoms with Gasteiger partial charge in [0.2, 0.25) is 0 Å². The molecule has 0 spiro atoms. The second-order valence-electron chi connectivity index (χ2n) is 6.10. The maximum atomic E-state index is 12.8. The first-order valence-electron chi connectivity index (χ1n) is 8.34. The molecule has 2 aromatic carbocycles. The molecule has 0 aliphatic carbocycles. The molecule has 0 aliphatic rings. The predicted molar refractivity (Wildman–Crippen MR) is 98.4 cm³/mol. The molecule has 1 aromatic heterocycles. The van der Waals surface area contributed by atoms with Crippen LogP contribution in [0.2, 0.25) is 0 Å². The van der Waals surface area contributed by atoms with Crippen LogP contribution in [-0.4, -0.2) is 28.9 Å². The maximum absolute atomic E-state index is 12.8. The van der Waals surface area contributed by atoms with E-state index in [-0.39, 0.29) is 23.1 Å². The fourth-order valence-electron chi connectivity index (χ4n) is 2.94. The largest absolute Gasteiger partial charge is 0.573 e. The van der Waals surface area contributed by atoms with Gasteiger partial charge in [-0.25, -0.2) is 4.79 Å². The summed E-state index contributed by atoms with van der Waals surface area (Å²) in [6.07, 6.45) is -4.84. The minimum atomic E-state index is -4.84. The van der Waals surface area contributed by atoms with Crippen molar-refractivity contribution in [3.05, 3.63) is 80.1 Å². The summed E-state index contributed by atoms with van der Waals surface area (Å²) in [5.41, 5.74) is -0.902. The van der Waals surface area contributed by atoms with E-state index >= 15 is 0 Å². The highest BCUT2D eigenvalue weighted by Gasteiger charge is 2.31. The Hall–Kier alpha value is -3.89. The number of carbonyl (C=O) groups is 1. The zero-order valence-electron chi connectivity index (χ0n) is 15.3. The van der Waals surface area contributed by atoms with Gasteiger partial charge in [0, 0.05) is 6.07 Å². The summed E-state index contributed by atoms with van der Waals surface area (Å²) in [6.45, 7) is -0.159. The number of nitro groups is 1. The van der Waals surface area contributed by atoms with Crippen molar-refractivity contribution in [1.29, 1.82) is 0 Å². The normalized spacial score (nSPS) is 11.3. The smallest absolute Gasteiger partial charge is 0.465 e. The van der Waals surface area contributed by atoms with Crippen molar-refractivity contribution in [3.63, 3.8) is 0 Å². The summed E-state index contributed by atoms with van der Waals surface area (Å²) in [7, 11) is 1.06. The van der Waals surface area contributed by atoms with Crippen molar-refractivity contribution in [2.45, 2.75) is 12.9 Å². The second-order valence-corrected chi connectivity index (χ2v) is 6.10. The quantitative estimate of drug-likeness (QED) is 0.354. The third kappa shape index (κ3) is 4.24. The number of carbonyl (C=O) groups excluding carboxylic acids is 1. The lowest BCUT2D eigenvalue weighted by Crippen LogP contribution is -2.28. The minimum absolute atomic E-state index is 0.0412. The number of halogens is 3. The van der Waals surface area contributed by atoms with Gasteiger partial charge in [0.05, 0.1) is 29.5 Å². The second kappa shape index (κ2) is 7.85. The number of benzene rings is 2. The summed E-state index contributed by atoms with van der Waals surface area (Å²) in [6, 6.07) is 9.93. The van der Waals surface area contributed by atoms with Crippen LogP contribution in [0, 0.1) is 10.1 Å². The van der Waals surface area contributed by atoms with E-state index in [4.69, 9.17) is 0 Å². The monoisotopic (exact) mass is 422 g/mol. The van der Waals surface area contributed by atoms with Gasteiger partial charge in [0.25, 0.3) is 11.2 Å². The van der Waals surface area contributed by atoms with Gasteiger partial charge >= 0.3 is 12.3 Å². The van der Waals surface area contributed by atoms with E-state index < -0.39 is 34.1 Å². The van der Waals surface area contributed by atoms with Crippen LogP contribution < -0.4 is 10.3 Å². The average Bonchev–Trinajstić information content (AvgIpc) is 2.68. The molecule has 3 aromatic rings. The molecule has 1 heterocycles. The van der Waals surface area contributed by atoms with Crippen molar-refractivity contribution >= 4 is 22.6 Å². The number of pyridine rings is 1. The van der Waals surface area contributed by atoms with Crippen LogP contribution in [0.5, 0.6) is 5.75 Å². The average molecular weight is 422 g/mol. The molecular weight excluding hydrogens is 409 g/mol. The fourth-order valence-corrected chi connectivity index (χ4v) is 2.94. The SMILES string of the molecule is COC(=O)c1cc2c([N+](=O)[O-])cccc2n(Cc2ccc(OC(F)(F)F)cc2)c1=O. The van der Waals surface area contributed by atoms with Crippen LogP contribution in [0.3, 0.4) is 0 Å². The number of ether oxygens (including phenoxy) is 2. The molecule has 30 heavy (non-hydrogen) atoms. The summed E-state index contributed by atoms with van der Waals surface area (Å²) < 4.78 is 46.4. The first kappa shape index (κ1) is 20.8. The van der Waals surface area contributed by atoms with Crippen LogP contribution >= 0.6 is 0 Å². The molecular formula is C19H13F3N2O6. The Morgan fingerprint density at radius 1 is 1.17 bits per heavy atom. The highest BCUT2D eigenvalue weighted by Crippen LogP contribution is 2.27. The van der Waals surface area contributed by atoms with Gasteiger partial charge in [0.15, 0.2) is 0 Å². The number of rotatable bonds is 5. The first-order chi connectivity index (χ1) is 14.1. The van der Waals surface area contributed by atoms with E-state index in [1.54, 1.807) is 0 Å². The molecule has 0 aliphatic heterocycles. The van der Waals surface area contributed by atoms with Crippen LogP contribution in [0.1, 0.15) is 15.9 Å².